The smallest absolute Gasteiger partial charge is 0.0705 e. The van der Waals surface area contributed by atoms with Gasteiger partial charge in [0.05, 0.1) is 10.1 Å². The summed E-state index contributed by atoms with van der Waals surface area (Å²) in [6.07, 6.45) is 1.78. The van der Waals surface area contributed by atoms with Gasteiger partial charge in [-0.25, -0.2) is 0 Å². The van der Waals surface area contributed by atoms with Crippen LogP contribution in [0.1, 0.15) is 5.69 Å². The molecule has 1 heterocycles. The Hall–Kier alpha value is -0.120. The second kappa shape index (κ2) is 3.02. The lowest BCUT2D eigenvalue weighted by Crippen LogP contribution is -1.76. The predicted molar refractivity (Wildman–Crippen MR) is 41.7 cm³/mol. The van der Waals surface area contributed by atoms with Crippen LogP contribution in [0.3, 0.4) is 0 Å². The molecule has 0 saturated heterocycles. The minimum absolute atomic E-state index is 1.02. The van der Waals surface area contributed by atoms with E-state index >= 15 is 0 Å². The lowest BCUT2D eigenvalue weighted by Gasteiger charge is -1.87. The summed E-state index contributed by atoms with van der Waals surface area (Å²) in [7, 11) is 0. The van der Waals surface area contributed by atoms with Crippen LogP contribution in [0, 0.1) is 4.43 Å². The Balaban J connectivity index is 2.83. The lowest BCUT2D eigenvalue weighted by atomic mass is 10.4. The van der Waals surface area contributed by atoms with E-state index < -0.39 is 0 Å². The standard InChI is InChI=1S/C6H5IN/c7-5-6-3-1-2-4-8-6/h1-5H. The molecule has 0 aliphatic rings. The van der Waals surface area contributed by atoms with Gasteiger partial charge in [-0.3, -0.25) is 4.98 Å². The maximum absolute atomic E-state index is 4.03. The summed E-state index contributed by atoms with van der Waals surface area (Å²) in [4.78, 5) is 4.03. The van der Waals surface area contributed by atoms with E-state index in [0.29, 0.717) is 0 Å². The van der Waals surface area contributed by atoms with Crippen molar-refractivity contribution in [2.45, 2.75) is 0 Å². The largest absolute Gasteiger partial charge is 0.260 e. The van der Waals surface area contributed by atoms with Crippen LogP contribution in [0.25, 0.3) is 0 Å². The summed E-state index contributed by atoms with van der Waals surface area (Å²) in [5.74, 6) is 0. The van der Waals surface area contributed by atoms with Crippen LogP contribution in [0.15, 0.2) is 24.4 Å². The Bertz CT molecular complexity index is 150. The molecular formula is C6H5IN. The maximum Gasteiger partial charge on any atom is 0.0705 e. The van der Waals surface area contributed by atoms with Crippen molar-refractivity contribution in [2.75, 3.05) is 0 Å². The average Bonchev–Trinajstić information content (AvgIpc) is 1.90. The van der Waals surface area contributed by atoms with Crippen molar-refractivity contribution < 1.29 is 0 Å². The van der Waals surface area contributed by atoms with Crippen molar-refractivity contribution in [1.82, 2.24) is 4.98 Å². The van der Waals surface area contributed by atoms with E-state index in [4.69, 9.17) is 0 Å². The number of nitrogens with zero attached hydrogens (tertiary/aromatic N) is 1. The summed E-state index contributed by atoms with van der Waals surface area (Å²) < 4.78 is 1.94. The van der Waals surface area contributed by atoms with Crippen LogP contribution < -0.4 is 0 Å². The summed E-state index contributed by atoms with van der Waals surface area (Å²) in [6, 6.07) is 5.84. The molecule has 0 spiro atoms. The Morgan fingerprint density at radius 3 is 2.75 bits per heavy atom. The Kier molecular flexibility index (Phi) is 2.27. The molecule has 0 saturated carbocycles. The van der Waals surface area contributed by atoms with Gasteiger partial charge in [0.25, 0.3) is 0 Å². The molecule has 0 fully saturated rings. The van der Waals surface area contributed by atoms with Crippen LogP contribution in [-0.4, -0.2) is 4.98 Å². The predicted octanol–water partition coefficient (Wildman–Crippen LogP) is 2.03. The van der Waals surface area contributed by atoms with Crippen molar-refractivity contribution in [3.63, 3.8) is 0 Å². The molecule has 0 amide bonds. The van der Waals surface area contributed by atoms with Crippen molar-refractivity contribution in [2.24, 2.45) is 0 Å². The summed E-state index contributed by atoms with van der Waals surface area (Å²) >= 11 is 2.17. The molecule has 0 unspecified atom stereocenters. The van der Waals surface area contributed by atoms with E-state index in [9.17, 15) is 0 Å². The van der Waals surface area contributed by atoms with Gasteiger partial charge in [0.2, 0.25) is 0 Å². The van der Waals surface area contributed by atoms with Gasteiger partial charge in [-0.15, -0.1) is 0 Å². The quantitative estimate of drug-likeness (QED) is 0.657. The van der Waals surface area contributed by atoms with Crippen molar-refractivity contribution >= 4 is 22.6 Å². The van der Waals surface area contributed by atoms with Crippen LogP contribution in [0.4, 0.5) is 0 Å². The Morgan fingerprint density at radius 2 is 2.38 bits per heavy atom. The fourth-order valence-corrected chi connectivity index (χ4v) is 0.809. The molecule has 1 rings (SSSR count). The Labute approximate surface area is 62.3 Å². The third kappa shape index (κ3) is 1.43. The molecule has 1 radical (unpaired) electrons. The molecule has 1 aromatic rings. The lowest BCUT2D eigenvalue weighted by molar-refractivity contribution is 1.26. The minimum atomic E-state index is 1.02. The monoisotopic (exact) mass is 218 g/mol. The van der Waals surface area contributed by atoms with Crippen molar-refractivity contribution in [3.8, 4) is 0 Å². The molecule has 2 heteroatoms. The van der Waals surface area contributed by atoms with Gasteiger partial charge in [0.15, 0.2) is 0 Å². The fraction of sp³-hybridized carbons (Fsp3) is 0. The first kappa shape index (κ1) is 6.01. The first-order valence-corrected chi connectivity index (χ1v) is 3.52. The second-order valence-electron chi connectivity index (χ2n) is 1.36. The van der Waals surface area contributed by atoms with Crippen LogP contribution >= 0.6 is 22.6 Å². The molecule has 1 nitrogen and oxygen atoms in total. The van der Waals surface area contributed by atoms with Crippen molar-refractivity contribution in [1.29, 1.82) is 0 Å². The third-order valence-electron chi connectivity index (χ3n) is 0.800. The minimum Gasteiger partial charge on any atom is -0.260 e. The topological polar surface area (TPSA) is 12.9 Å². The van der Waals surface area contributed by atoms with Gasteiger partial charge < -0.3 is 0 Å². The SMILES string of the molecule is I[CH]c1ccccn1. The van der Waals surface area contributed by atoms with Gasteiger partial charge in [0.1, 0.15) is 0 Å². The number of pyridine rings is 1. The number of hydrogen-bond acceptors (Lipinski definition) is 1. The van der Waals surface area contributed by atoms with Crippen LogP contribution in [0.5, 0.6) is 0 Å². The Morgan fingerprint density at radius 1 is 1.50 bits per heavy atom. The first-order valence-electron chi connectivity index (χ1n) is 2.28. The molecule has 0 aliphatic heterocycles. The van der Waals surface area contributed by atoms with E-state index in [2.05, 4.69) is 27.6 Å². The molecule has 8 heavy (non-hydrogen) atoms. The molecule has 0 atom stereocenters. The first-order chi connectivity index (χ1) is 3.93. The number of aromatic nitrogens is 1. The van der Waals surface area contributed by atoms with Crippen LogP contribution in [-0.2, 0) is 0 Å². The highest BCUT2D eigenvalue weighted by molar-refractivity contribution is 14.1. The molecular weight excluding hydrogens is 213 g/mol. The van der Waals surface area contributed by atoms with E-state index in [1.165, 1.54) is 0 Å². The highest BCUT2D eigenvalue weighted by Gasteiger charge is 1.83. The number of hydrogen-bond donors (Lipinski definition) is 0. The second-order valence-corrected chi connectivity index (χ2v) is 1.99. The molecule has 0 aromatic carbocycles. The van der Waals surface area contributed by atoms with Crippen LogP contribution in [0.2, 0.25) is 0 Å². The van der Waals surface area contributed by atoms with E-state index in [-0.39, 0.29) is 0 Å². The average molecular weight is 218 g/mol. The van der Waals surface area contributed by atoms with Gasteiger partial charge in [-0.05, 0) is 12.1 Å². The summed E-state index contributed by atoms with van der Waals surface area (Å²) in [5.41, 5.74) is 1.02. The normalized spacial score (nSPS) is 9.12. The fourth-order valence-electron chi connectivity index (χ4n) is 0.441. The third-order valence-corrected chi connectivity index (χ3v) is 1.44. The summed E-state index contributed by atoms with van der Waals surface area (Å²) in [6.45, 7) is 0. The zero-order valence-electron chi connectivity index (χ0n) is 4.21. The van der Waals surface area contributed by atoms with E-state index in [1.807, 2.05) is 22.6 Å². The van der Waals surface area contributed by atoms with Crippen molar-refractivity contribution in [3.05, 3.63) is 34.5 Å². The molecule has 0 N–H and O–H groups in total. The number of halogens is 1. The highest BCUT2D eigenvalue weighted by atomic mass is 127. The maximum atomic E-state index is 4.03. The summed E-state index contributed by atoms with van der Waals surface area (Å²) in [5, 5.41) is 0. The molecule has 0 bridgehead atoms. The zero-order valence-corrected chi connectivity index (χ0v) is 6.37. The van der Waals surface area contributed by atoms with Gasteiger partial charge >= 0.3 is 0 Å². The van der Waals surface area contributed by atoms with E-state index in [0.717, 1.165) is 5.69 Å². The van der Waals surface area contributed by atoms with Gasteiger partial charge in [-0.2, -0.15) is 0 Å². The molecule has 1 aromatic heterocycles. The van der Waals surface area contributed by atoms with E-state index in [1.54, 1.807) is 6.20 Å². The zero-order chi connectivity index (χ0) is 5.82. The molecule has 41 valence electrons. The molecule has 0 aliphatic carbocycles. The van der Waals surface area contributed by atoms with Gasteiger partial charge in [0, 0.05) is 6.20 Å². The van der Waals surface area contributed by atoms with Gasteiger partial charge in [-0.1, -0.05) is 28.7 Å². The number of rotatable bonds is 1. The highest BCUT2D eigenvalue weighted by Crippen LogP contribution is 2.01.